The van der Waals surface area contributed by atoms with Gasteiger partial charge in [-0.3, -0.25) is 4.79 Å². The minimum absolute atomic E-state index is 0.0209. The molecule has 0 saturated carbocycles. The molecule has 0 bridgehead atoms. The Balaban J connectivity index is 2.73. The van der Waals surface area contributed by atoms with Crippen molar-refractivity contribution in [2.75, 3.05) is 12.4 Å². The molecule has 0 spiro atoms. The van der Waals surface area contributed by atoms with Gasteiger partial charge in [0, 0.05) is 11.8 Å². The van der Waals surface area contributed by atoms with Gasteiger partial charge < -0.3 is 20.9 Å². The van der Waals surface area contributed by atoms with Gasteiger partial charge in [0.2, 0.25) is 5.91 Å². The number of phenolic OH excluding ortho intramolecular Hbond substituents is 1. The third-order valence-electron chi connectivity index (χ3n) is 3.01. The third kappa shape index (κ3) is 3.37. The Morgan fingerprint density at radius 1 is 1.56 bits per heavy atom. The van der Waals surface area contributed by atoms with Crippen molar-refractivity contribution >= 4 is 11.6 Å². The van der Waals surface area contributed by atoms with Gasteiger partial charge in [-0.05, 0) is 18.1 Å². The Morgan fingerprint density at radius 3 is 2.72 bits per heavy atom. The van der Waals surface area contributed by atoms with Crippen LogP contribution in [0.2, 0.25) is 0 Å². The predicted octanol–water partition coefficient (Wildman–Crippen LogP) is 1.71. The molecule has 0 aliphatic heterocycles. The monoisotopic (exact) mass is 252 g/mol. The van der Waals surface area contributed by atoms with E-state index in [0.717, 1.165) is 6.42 Å². The van der Waals surface area contributed by atoms with E-state index < -0.39 is 6.04 Å². The minimum Gasteiger partial charge on any atom is -0.504 e. The van der Waals surface area contributed by atoms with E-state index >= 15 is 0 Å². The van der Waals surface area contributed by atoms with E-state index in [0.29, 0.717) is 11.4 Å². The molecule has 0 aliphatic carbocycles. The highest BCUT2D eigenvalue weighted by atomic mass is 16.5. The molecule has 0 heterocycles. The van der Waals surface area contributed by atoms with Crippen molar-refractivity contribution in [2.45, 2.75) is 26.3 Å². The van der Waals surface area contributed by atoms with Crippen LogP contribution in [0.5, 0.6) is 11.5 Å². The Kier molecular flexibility index (Phi) is 4.97. The molecular formula is C13H20N2O3. The van der Waals surface area contributed by atoms with E-state index in [9.17, 15) is 9.90 Å². The molecule has 0 saturated heterocycles. The molecule has 5 heteroatoms. The fraction of sp³-hybridized carbons (Fsp3) is 0.462. The maximum Gasteiger partial charge on any atom is 0.241 e. The molecule has 4 N–H and O–H groups in total. The van der Waals surface area contributed by atoms with Gasteiger partial charge in [0.25, 0.3) is 0 Å². The van der Waals surface area contributed by atoms with Gasteiger partial charge in [-0.2, -0.15) is 0 Å². The first-order valence-corrected chi connectivity index (χ1v) is 5.93. The summed E-state index contributed by atoms with van der Waals surface area (Å²) in [6.07, 6.45) is 0.836. The summed E-state index contributed by atoms with van der Waals surface area (Å²) in [6.45, 7) is 3.91. The average molecular weight is 252 g/mol. The summed E-state index contributed by atoms with van der Waals surface area (Å²) in [5, 5.41) is 12.3. The molecule has 1 aromatic carbocycles. The lowest BCUT2D eigenvalue weighted by molar-refractivity contribution is -0.118. The Hall–Kier alpha value is -1.75. The first kappa shape index (κ1) is 14.3. The standard InChI is InChI=1S/C13H20N2O3/c1-4-8(2)12(14)13(17)15-9-5-6-11(18-3)10(16)7-9/h5-8,12,16H,4,14H2,1-3H3,(H,15,17). The zero-order valence-corrected chi connectivity index (χ0v) is 10.9. The molecule has 1 aromatic rings. The number of rotatable bonds is 5. The Bertz CT molecular complexity index is 421. The number of phenols is 1. The topological polar surface area (TPSA) is 84.6 Å². The van der Waals surface area contributed by atoms with Crippen LogP contribution < -0.4 is 15.8 Å². The van der Waals surface area contributed by atoms with Crippen LogP contribution in [0.4, 0.5) is 5.69 Å². The van der Waals surface area contributed by atoms with E-state index in [2.05, 4.69) is 5.32 Å². The van der Waals surface area contributed by atoms with Crippen molar-refractivity contribution in [3.63, 3.8) is 0 Å². The first-order valence-electron chi connectivity index (χ1n) is 5.93. The fourth-order valence-electron chi connectivity index (χ4n) is 1.51. The highest BCUT2D eigenvalue weighted by Gasteiger charge is 2.19. The van der Waals surface area contributed by atoms with Gasteiger partial charge in [-0.1, -0.05) is 20.3 Å². The number of carbonyl (C=O) groups excluding carboxylic acids is 1. The highest BCUT2D eigenvalue weighted by Crippen LogP contribution is 2.28. The van der Waals surface area contributed by atoms with Gasteiger partial charge in [0.15, 0.2) is 11.5 Å². The molecule has 0 aromatic heterocycles. The molecule has 18 heavy (non-hydrogen) atoms. The number of methoxy groups -OCH3 is 1. The lowest BCUT2D eigenvalue weighted by atomic mass is 9.99. The summed E-state index contributed by atoms with van der Waals surface area (Å²) in [5.41, 5.74) is 6.31. The molecule has 100 valence electrons. The molecule has 0 radical (unpaired) electrons. The number of hydrogen-bond acceptors (Lipinski definition) is 4. The van der Waals surface area contributed by atoms with Gasteiger partial charge >= 0.3 is 0 Å². The largest absolute Gasteiger partial charge is 0.504 e. The van der Waals surface area contributed by atoms with Crippen molar-refractivity contribution in [3.8, 4) is 11.5 Å². The second kappa shape index (κ2) is 6.26. The van der Waals surface area contributed by atoms with Crippen LogP contribution in [0.3, 0.4) is 0 Å². The number of benzene rings is 1. The van der Waals surface area contributed by atoms with Crippen LogP contribution in [0.1, 0.15) is 20.3 Å². The molecule has 2 unspecified atom stereocenters. The van der Waals surface area contributed by atoms with Crippen molar-refractivity contribution in [2.24, 2.45) is 11.7 Å². The number of ether oxygens (including phenoxy) is 1. The molecule has 0 aliphatic rings. The van der Waals surface area contributed by atoms with E-state index in [-0.39, 0.29) is 17.6 Å². The van der Waals surface area contributed by atoms with E-state index in [1.54, 1.807) is 12.1 Å². The lowest BCUT2D eigenvalue weighted by Crippen LogP contribution is -2.40. The molecular weight excluding hydrogens is 232 g/mol. The maximum atomic E-state index is 11.8. The highest BCUT2D eigenvalue weighted by molar-refractivity contribution is 5.95. The van der Waals surface area contributed by atoms with Crippen LogP contribution in [0.25, 0.3) is 0 Å². The number of nitrogens with one attached hydrogen (secondary N) is 1. The zero-order valence-electron chi connectivity index (χ0n) is 10.9. The van der Waals surface area contributed by atoms with Crippen molar-refractivity contribution in [1.82, 2.24) is 0 Å². The summed E-state index contributed by atoms with van der Waals surface area (Å²) >= 11 is 0. The van der Waals surface area contributed by atoms with Crippen LogP contribution in [-0.4, -0.2) is 24.2 Å². The van der Waals surface area contributed by atoms with Crippen LogP contribution >= 0.6 is 0 Å². The number of hydrogen-bond donors (Lipinski definition) is 3. The van der Waals surface area contributed by atoms with Crippen molar-refractivity contribution < 1.29 is 14.6 Å². The molecule has 1 rings (SSSR count). The normalized spacial score (nSPS) is 13.8. The van der Waals surface area contributed by atoms with Gasteiger partial charge in [-0.15, -0.1) is 0 Å². The predicted molar refractivity (Wildman–Crippen MR) is 70.7 cm³/mol. The number of amides is 1. The number of aromatic hydroxyl groups is 1. The van der Waals surface area contributed by atoms with Gasteiger partial charge in [-0.25, -0.2) is 0 Å². The Morgan fingerprint density at radius 2 is 2.22 bits per heavy atom. The molecule has 2 atom stereocenters. The van der Waals surface area contributed by atoms with Crippen LogP contribution in [0.15, 0.2) is 18.2 Å². The summed E-state index contributed by atoms with van der Waals surface area (Å²) in [6, 6.07) is 4.11. The second-order valence-electron chi connectivity index (χ2n) is 4.29. The lowest BCUT2D eigenvalue weighted by Gasteiger charge is -2.18. The fourth-order valence-corrected chi connectivity index (χ4v) is 1.51. The zero-order chi connectivity index (χ0) is 13.7. The van der Waals surface area contributed by atoms with E-state index in [1.165, 1.54) is 13.2 Å². The summed E-state index contributed by atoms with van der Waals surface area (Å²) in [5.74, 6) is 0.192. The smallest absolute Gasteiger partial charge is 0.241 e. The number of carbonyl (C=O) groups is 1. The number of anilines is 1. The second-order valence-corrected chi connectivity index (χ2v) is 4.29. The van der Waals surface area contributed by atoms with Crippen LogP contribution in [-0.2, 0) is 4.79 Å². The molecule has 5 nitrogen and oxygen atoms in total. The quantitative estimate of drug-likeness (QED) is 0.744. The Labute approximate surface area is 107 Å². The van der Waals surface area contributed by atoms with Crippen LogP contribution in [0, 0.1) is 5.92 Å². The van der Waals surface area contributed by atoms with Crippen molar-refractivity contribution in [3.05, 3.63) is 18.2 Å². The van der Waals surface area contributed by atoms with E-state index in [1.807, 2.05) is 13.8 Å². The third-order valence-corrected chi connectivity index (χ3v) is 3.01. The maximum absolute atomic E-state index is 11.8. The minimum atomic E-state index is -0.556. The summed E-state index contributed by atoms with van der Waals surface area (Å²) in [7, 11) is 1.46. The van der Waals surface area contributed by atoms with Gasteiger partial charge in [0.1, 0.15) is 0 Å². The number of nitrogens with two attached hydrogens (primary N) is 1. The summed E-state index contributed by atoms with van der Waals surface area (Å²) < 4.78 is 4.92. The molecule has 1 amide bonds. The molecule has 0 fully saturated rings. The van der Waals surface area contributed by atoms with E-state index in [4.69, 9.17) is 10.5 Å². The van der Waals surface area contributed by atoms with Crippen molar-refractivity contribution in [1.29, 1.82) is 0 Å². The summed E-state index contributed by atoms with van der Waals surface area (Å²) in [4.78, 5) is 11.8. The first-order chi connectivity index (χ1) is 8.49. The SMILES string of the molecule is CCC(C)C(N)C(=O)Nc1ccc(OC)c(O)c1. The average Bonchev–Trinajstić information content (AvgIpc) is 2.37. The van der Waals surface area contributed by atoms with Gasteiger partial charge in [0.05, 0.1) is 13.2 Å².